The maximum absolute atomic E-state index is 9.41. The van der Waals surface area contributed by atoms with Crippen LogP contribution in [0.25, 0.3) is 0 Å². The Bertz CT molecular complexity index is 666. The number of hydrogen-bond donors (Lipinski definition) is 2. The zero-order valence-electron chi connectivity index (χ0n) is 12.7. The number of rotatable bonds is 4. The van der Waals surface area contributed by atoms with Crippen LogP contribution in [0.15, 0.2) is 30.6 Å². The van der Waals surface area contributed by atoms with Crippen molar-refractivity contribution in [3.05, 3.63) is 35.6 Å². The summed E-state index contributed by atoms with van der Waals surface area (Å²) in [5.74, 6) is 2.24. The average molecular weight is 335 g/mol. The molecule has 1 aliphatic heterocycles. The van der Waals surface area contributed by atoms with E-state index in [0.29, 0.717) is 22.3 Å². The van der Waals surface area contributed by atoms with Gasteiger partial charge in [0, 0.05) is 24.7 Å². The van der Waals surface area contributed by atoms with Crippen LogP contribution in [0.3, 0.4) is 0 Å². The lowest BCUT2D eigenvalue weighted by Crippen LogP contribution is -2.37. The van der Waals surface area contributed by atoms with E-state index in [1.165, 1.54) is 6.33 Å². The van der Waals surface area contributed by atoms with Crippen LogP contribution >= 0.6 is 11.6 Å². The molecule has 0 spiro atoms. The number of hydrogen-bond acceptors (Lipinski definition) is 6. The van der Waals surface area contributed by atoms with Crippen LogP contribution in [-0.4, -0.2) is 34.8 Å². The predicted octanol–water partition coefficient (Wildman–Crippen LogP) is 2.71. The molecule has 7 heteroatoms. The zero-order valence-corrected chi connectivity index (χ0v) is 13.4. The Hall–Kier alpha value is -2.05. The smallest absolute Gasteiger partial charge is 0.211 e. The van der Waals surface area contributed by atoms with Gasteiger partial charge in [-0.15, -0.1) is 0 Å². The monoisotopic (exact) mass is 334 g/mol. The second-order valence-electron chi connectivity index (χ2n) is 5.60. The van der Waals surface area contributed by atoms with Crippen LogP contribution in [0.4, 0.5) is 11.6 Å². The molecule has 3 N–H and O–H groups in total. The van der Waals surface area contributed by atoms with Gasteiger partial charge in [-0.3, -0.25) is 0 Å². The van der Waals surface area contributed by atoms with Crippen molar-refractivity contribution in [3.63, 3.8) is 0 Å². The van der Waals surface area contributed by atoms with E-state index in [0.717, 1.165) is 25.9 Å². The van der Waals surface area contributed by atoms with Crippen molar-refractivity contribution in [3.8, 4) is 11.5 Å². The van der Waals surface area contributed by atoms with Gasteiger partial charge in [-0.2, -0.15) is 0 Å². The molecule has 2 heterocycles. The molecule has 122 valence electrons. The van der Waals surface area contributed by atoms with E-state index in [2.05, 4.69) is 14.9 Å². The fraction of sp³-hybridized carbons (Fsp3) is 0.375. The number of halogens is 1. The van der Waals surface area contributed by atoms with Gasteiger partial charge in [0.05, 0.1) is 0 Å². The van der Waals surface area contributed by atoms with Gasteiger partial charge in [-0.05, 0) is 43.0 Å². The number of aliphatic hydroxyl groups is 1. The Labute approximate surface area is 139 Å². The van der Waals surface area contributed by atoms with Gasteiger partial charge in [-0.1, -0.05) is 11.6 Å². The molecule has 0 aliphatic carbocycles. The lowest BCUT2D eigenvalue weighted by atomic mass is 9.99. The number of ether oxygens (including phenoxy) is 1. The van der Waals surface area contributed by atoms with Crippen molar-refractivity contribution in [1.82, 2.24) is 9.97 Å². The molecule has 1 aromatic carbocycles. The Morgan fingerprint density at radius 3 is 2.83 bits per heavy atom. The van der Waals surface area contributed by atoms with E-state index < -0.39 is 0 Å². The minimum Gasteiger partial charge on any atom is -0.450 e. The van der Waals surface area contributed by atoms with Crippen LogP contribution in [0.5, 0.6) is 11.5 Å². The highest BCUT2D eigenvalue weighted by molar-refractivity contribution is 6.30. The second-order valence-corrected chi connectivity index (χ2v) is 6.04. The minimum absolute atomic E-state index is 0.171. The van der Waals surface area contributed by atoms with Crippen molar-refractivity contribution in [2.45, 2.75) is 12.8 Å². The van der Waals surface area contributed by atoms with Gasteiger partial charge in [0.1, 0.15) is 12.1 Å². The highest BCUT2D eigenvalue weighted by Gasteiger charge is 2.24. The standard InChI is InChI=1S/C16H19ClN4O2/c17-12-3-5-13(6-4-12)23-14-15(18)19-10-20-16(14)21-7-1-2-11(8-21)9-22/h3-6,10-11,22H,1-2,7-9H2,(H2,18,19,20). The van der Waals surface area contributed by atoms with Crippen molar-refractivity contribution in [2.75, 3.05) is 30.3 Å². The summed E-state index contributed by atoms with van der Waals surface area (Å²) in [7, 11) is 0. The van der Waals surface area contributed by atoms with Crippen molar-refractivity contribution < 1.29 is 9.84 Å². The van der Waals surface area contributed by atoms with E-state index >= 15 is 0 Å². The summed E-state index contributed by atoms with van der Waals surface area (Å²) in [5, 5.41) is 10.0. The molecule has 23 heavy (non-hydrogen) atoms. The summed E-state index contributed by atoms with van der Waals surface area (Å²) in [6.07, 6.45) is 3.44. The highest BCUT2D eigenvalue weighted by Crippen LogP contribution is 2.36. The summed E-state index contributed by atoms with van der Waals surface area (Å²) >= 11 is 5.89. The van der Waals surface area contributed by atoms with Gasteiger partial charge in [-0.25, -0.2) is 9.97 Å². The lowest BCUT2D eigenvalue weighted by Gasteiger charge is -2.33. The van der Waals surface area contributed by atoms with Crippen LogP contribution in [-0.2, 0) is 0 Å². The molecule has 1 aliphatic rings. The molecule has 6 nitrogen and oxygen atoms in total. The fourth-order valence-electron chi connectivity index (χ4n) is 2.73. The molecule has 1 aromatic heterocycles. The number of nitrogens with zero attached hydrogens (tertiary/aromatic N) is 3. The quantitative estimate of drug-likeness (QED) is 0.894. The molecule has 1 saturated heterocycles. The van der Waals surface area contributed by atoms with Crippen molar-refractivity contribution in [2.24, 2.45) is 5.92 Å². The number of nitrogen functional groups attached to an aromatic ring is 1. The van der Waals surface area contributed by atoms with Gasteiger partial charge in [0.2, 0.25) is 5.75 Å². The van der Waals surface area contributed by atoms with Gasteiger partial charge >= 0.3 is 0 Å². The lowest BCUT2D eigenvalue weighted by molar-refractivity contribution is 0.208. The maximum Gasteiger partial charge on any atom is 0.211 e. The third-order valence-corrected chi connectivity index (χ3v) is 4.17. The first kappa shape index (κ1) is 15.8. The van der Waals surface area contributed by atoms with Gasteiger partial charge in [0.15, 0.2) is 11.6 Å². The van der Waals surface area contributed by atoms with E-state index in [-0.39, 0.29) is 18.3 Å². The summed E-state index contributed by atoms with van der Waals surface area (Å²) in [4.78, 5) is 10.5. The number of nitrogens with two attached hydrogens (primary N) is 1. The maximum atomic E-state index is 9.41. The molecule has 0 radical (unpaired) electrons. The van der Waals surface area contributed by atoms with E-state index in [9.17, 15) is 5.11 Å². The molecule has 2 aromatic rings. The molecular weight excluding hydrogens is 316 g/mol. The second kappa shape index (κ2) is 7.02. The van der Waals surface area contributed by atoms with Crippen LogP contribution in [0, 0.1) is 5.92 Å². The van der Waals surface area contributed by atoms with Gasteiger partial charge in [0.25, 0.3) is 0 Å². The highest BCUT2D eigenvalue weighted by atomic mass is 35.5. The average Bonchev–Trinajstić information content (AvgIpc) is 2.58. The van der Waals surface area contributed by atoms with Crippen LogP contribution in [0.1, 0.15) is 12.8 Å². The first-order valence-electron chi connectivity index (χ1n) is 7.57. The third-order valence-electron chi connectivity index (χ3n) is 3.92. The number of anilines is 2. The fourth-order valence-corrected chi connectivity index (χ4v) is 2.85. The molecule has 0 amide bonds. The predicted molar refractivity (Wildman–Crippen MR) is 90.0 cm³/mol. The molecular formula is C16H19ClN4O2. The number of piperidine rings is 1. The molecule has 0 saturated carbocycles. The first-order chi connectivity index (χ1) is 11.2. The SMILES string of the molecule is Nc1ncnc(N2CCCC(CO)C2)c1Oc1ccc(Cl)cc1. The summed E-state index contributed by atoms with van der Waals surface area (Å²) in [5.41, 5.74) is 5.99. The molecule has 1 atom stereocenters. The Morgan fingerprint density at radius 1 is 1.30 bits per heavy atom. The summed E-state index contributed by atoms with van der Waals surface area (Å²) < 4.78 is 5.90. The van der Waals surface area contributed by atoms with E-state index in [1.807, 2.05) is 0 Å². The Kier molecular flexibility index (Phi) is 4.83. The Morgan fingerprint density at radius 2 is 2.09 bits per heavy atom. The normalized spacial score (nSPS) is 18.0. The minimum atomic E-state index is 0.171. The summed E-state index contributed by atoms with van der Waals surface area (Å²) in [6, 6.07) is 7.04. The van der Waals surface area contributed by atoms with Crippen LogP contribution in [0.2, 0.25) is 5.02 Å². The van der Waals surface area contributed by atoms with Crippen molar-refractivity contribution >= 4 is 23.2 Å². The van der Waals surface area contributed by atoms with Gasteiger partial charge < -0.3 is 20.5 Å². The van der Waals surface area contributed by atoms with Crippen molar-refractivity contribution in [1.29, 1.82) is 0 Å². The van der Waals surface area contributed by atoms with E-state index in [1.54, 1.807) is 24.3 Å². The van der Waals surface area contributed by atoms with Crippen LogP contribution < -0.4 is 15.4 Å². The van der Waals surface area contributed by atoms with E-state index in [4.69, 9.17) is 22.1 Å². The number of benzene rings is 1. The summed E-state index contributed by atoms with van der Waals surface area (Å²) in [6.45, 7) is 1.75. The number of aromatic nitrogens is 2. The molecule has 3 rings (SSSR count). The Balaban J connectivity index is 1.88. The molecule has 1 unspecified atom stereocenters. The zero-order chi connectivity index (χ0) is 16.2. The molecule has 1 fully saturated rings. The topological polar surface area (TPSA) is 84.5 Å². The largest absolute Gasteiger partial charge is 0.450 e. The number of aliphatic hydroxyl groups excluding tert-OH is 1. The first-order valence-corrected chi connectivity index (χ1v) is 7.95. The third kappa shape index (κ3) is 3.65. The molecule has 0 bridgehead atoms.